The van der Waals surface area contributed by atoms with Crippen molar-refractivity contribution in [2.45, 2.75) is 19.5 Å². The highest BCUT2D eigenvalue weighted by molar-refractivity contribution is 7.15. The van der Waals surface area contributed by atoms with Crippen molar-refractivity contribution in [2.24, 2.45) is 0 Å². The monoisotopic (exact) mass is 440 g/mol. The quantitative estimate of drug-likeness (QED) is 0.591. The predicted molar refractivity (Wildman–Crippen MR) is 120 cm³/mol. The van der Waals surface area contributed by atoms with Crippen LogP contribution >= 0.6 is 11.3 Å². The molecule has 1 amide bonds. The van der Waals surface area contributed by atoms with E-state index in [1.165, 1.54) is 36.7 Å². The van der Waals surface area contributed by atoms with Crippen LogP contribution in [0.2, 0.25) is 0 Å². The molecule has 2 heterocycles. The number of carbonyl (C=O) groups is 1. The summed E-state index contributed by atoms with van der Waals surface area (Å²) in [7, 11) is 4.58. The van der Waals surface area contributed by atoms with Gasteiger partial charge in [0.15, 0.2) is 16.6 Å². The average Bonchev–Trinajstić information content (AvgIpc) is 3.20. The molecule has 1 atom stereocenters. The molecule has 0 saturated heterocycles. The number of methoxy groups -OCH3 is 3. The molecule has 1 aromatic heterocycles. The van der Waals surface area contributed by atoms with Crippen molar-refractivity contribution in [2.75, 3.05) is 33.2 Å². The molecule has 1 aliphatic rings. The second kappa shape index (κ2) is 9.36. The van der Waals surface area contributed by atoms with Crippen molar-refractivity contribution < 1.29 is 23.9 Å². The number of ether oxygens (including phenoxy) is 3. The lowest BCUT2D eigenvalue weighted by molar-refractivity contribution is -0.929. The van der Waals surface area contributed by atoms with E-state index in [-0.39, 0.29) is 5.91 Å². The van der Waals surface area contributed by atoms with E-state index in [0.29, 0.717) is 27.9 Å². The summed E-state index contributed by atoms with van der Waals surface area (Å²) in [6, 6.07) is 13.8. The average molecular weight is 441 g/mol. The van der Waals surface area contributed by atoms with Crippen LogP contribution in [0.15, 0.2) is 42.5 Å². The molecule has 2 aromatic carbocycles. The Morgan fingerprint density at radius 1 is 1.10 bits per heavy atom. The third kappa shape index (κ3) is 4.65. The lowest BCUT2D eigenvalue weighted by atomic mass is 10.1. The maximum absolute atomic E-state index is 12.9. The fourth-order valence-electron chi connectivity index (χ4n) is 3.80. The number of quaternary nitrogens is 1. The smallest absolute Gasteiger partial charge is 0.257 e. The molecule has 0 saturated carbocycles. The normalized spacial score (nSPS) is 15.1. The summed E-state index contributed by atoms with van der Waals surface area (Å²) < 4.78 is 16.0. The zero-order chi connectivity index (χ0) is 21.8. The summed E-state index contributed by atoms with van der Waals surface area (Å²) >= 11 is 1.55. The predicted octanol–water partition coefficient (Wildman–Crippen LogP) is 2.56. The van der Waals surface area contributed by atoms with Crippen LogP contribution in [0.4, 0.5) is 5.13 Å². The van der Waals surface area contributed by atoms with Gasteiger partial charge in [0.1, 0.15) is 13.1 Å². The van der Waals surface area contributed by atoms with E-state index < -0.39 is 0 Å². The molecule has 0 aliphatic carbocycles. The number of nitrogens with zero attached hydrogens (tertiary/aromatic N) is 1. The number of aromatic nitrogens is 1. The van der Waals surface area contributed by atoms with Crippen LogP contribution in [0.3, 0.4) is 0 Å². The number of hydrogen-bond donors (Lipinski definition) is 2. The van der Waals surface area contributed by atoms with E-state index in [9.17, 15) is 4.79 Å². The zero-order valence-electron chi connectivity index (χ0n) is 17.9. The van der Waals surface area contributed by atoms with E-state index >= 15 is 0 Å². The summed E-state index contributed by atoms with van der Waals surface area (Å²) in [6.45, 7) is 2.94. The molecule has 1 aliphatic heterocycles. The van der Waals surface area contributed by atoms with Gasteiger partial charge in [0.2, 0.25) is 5.75 Å². The van der Waals surface area contributed by atoms with Crippen molar-refractivity contribution in [1.82, 2.24) is 4.98 Å². The van der Waals surface area contributed by atoms with Crippen molar-refractivity contribution in [3.63, 3.8) is 0 Å². The topological polar surface area (TPSA) is 74.1 Å². The summed E-state index contributed by atoms with van der Waals surface area (Å²) in [5, 5.41) is 3.54. The lowest BCUT2D eigenvalue weighted by Crippen LogP contribution is -3.10. The zero-order valence-corrected chi connectivity index (χ0v) is 18.7. The highest BCUT2D eigenvalue weighted by Crippen LogP contribution is 2.38. The third-order valence-electron chi connectivity index (χ3n) is 5.35. The van der Waals surface area contributed by atoms with Crippen LogP contribution < -0.4 is 24.4 Å². The molecular weight excluding hydrogens is 414 g/mol. The third-order valence-corrected chi connectivity index (χ3v) is 6.36. The molecule has 2 N–H and O–H groups in total. The van der Waals surface area contributed by atoms with Crippen molar-refractivity contribution in [1.29, 1.82) is 0 Å². The van der Waals surface area contributed by atoms with Crippen molar-refractivity contribution in [3.05, 3.63) is 64.2 Å². The molecule has 0 bridgehead atoms. The van der Waals surface area contributed by atoms with Gasteiger partial charge < -0.3 is 19.1 Å². The molecule has 0 spiro atoms. The number of benzene rings is 2. The number of rotatable bonds is 7. The minimum Gasteiger partial charge on any atom is -0.493 e. The van der Waals surface area contributed by atoms with Crippen LogP contribution in [0, 0.1) is 0 Å². The summed E-state index contributed by atoms with van der Waals surface area (Å²) in [5.41, 5.74) is 2.84. The Balaban J connectivity index is 1.47. The van der Waals surface area contributed by atoms with E-state index in [1.54, 1.807) is 23.5 Å². The first-order valence-electron chi connectivity index (χ1n) is 10.1. The summed E-state index contributed by atoms with van der Waals surface area (Å²) in [5.74, 6) is 1.06. The second-order valence-electron chi connectivity index (χ2n) is 7.35. The Labute approximate surface area is 185 Å². The Bertz CT molecular complexity index is 1040. The highest BCUT2D eigenvalue weighted by atomic mass is 32.1. The second-order valence-corrected chi connectivity index (χ2v) is 8.43. The number of carbonyl (C=O) groups excluding carboxylic acids is 1. The van der Waals surface area contributed by atoms with Crippen LogP contribution in [-0.4, -0.2) is 38.8 Å². The maximum Gasteiger partial charge on any atom is 0.257 e. The largest absolute Gasteiger partial charge is 0.493 e. The van der Waals surface area contributed by atoms with Crippen LogP contribution in [0.25, 0.3) is 0 Å². The molecule has 3 aromatic rings. The molecule has 162 valence electrons. The number of nitrogens with one attached hydrogen (secondary N) is 2. The van der Waals surface area contributed by atoms with E-state index in [1.807, 2.05) is 6.07 Å². The molecular formula is C23H26N3O4S+. The number of anilines is 1. The molecule has 1 unspecified atom stereocenters. The van der Waals surface area contributed by atoms with Gasteiger partial charge in [-0.05, 0) is 12.1 Å². The number of amides is 1. The Morgan fingerprint density at radius 3 is 2.45 bits per heavy atom. The van der Waals surface area contributed by atoms with E-state index in [2.05, 4.69) is 34.6 Å². The summed E-state index contributed by atoms with van der Waals surface area (Å²) in [4.78, 5) is 20.3. The number of hydrogen-bond acceptors (Lipinski definition) is 6. The molecule has 31 heavy (non-hydrogen) atoms. The fraction of sp³-hybridized carbons (Fsp3) is 0.304. The van der Waals surface area contributed by atoms with Crippen LogP contribution in [0.1, 0.15) is 26.5 Å². The van der Waals surface area contributed by atoms with Crippen molar-refractivity contribution in [3.8, 4) is 17.2 Å². The molecule has 0 fully saturated rings. The van der Waals surface area contributed by atoms with Crippen molar-refractivity contribution >= 4 is 22.4 Å². The molecule has 7 nitrogen and oxygen atoms in total. The number of thiazole rings is 1. The molecule has 4 rings (SSSR count). The minimum absolute atomic E-state index is 0.265. The molecule has 8 heteroatoms. The first-order valence-corrected chi connectivity index (χ1v) is 10.9. The van der Waals surface area contributed by atoms with Gasteiger partial charge in [-0.2, -0.15) is 0 Å². The van der Waals surface area contributed by atoms with Gasteiger partial charge in [0.25, 0.3) is 5.91 Å². The Morgan fingerprint density at radius 2 is 1.81 bits per heavy atom. The standard InChI is InChI=1S/C23H25N3O4S/c1-28-18-11-16(12-19(29-2)21(18)30-3)22(27)25-23-24-17-9-10-26(14-20(17)31-23)13-15-7-5-4-6-8-15/h4-8,11-12H,9-10,13-14H2,1-3H3,(H,24,25,27)/p+1. The van der Waals surface area contributed by atoms with Gasteiger partial charge in [-0.1, -0.05) is 41.7 Å². The Kier molecular flexibility index (Phi) is 6.39. The van der Waals surface area contributed by atoms with Gasteiger partial charge in [-0.3, -0.25) is 10.1 Å². The Hall–Kier alpha value is -3.10. The lowest BCUT2D eigenvalue weighted by Gasteiger charge is -2.22. The van der Waals surface area contributed by atoms with Gasteiger partial charge in [0, 0.05) is 17.5 Å². The SMILES string of the molecule is COc1cc(C(=O)Nc2nc3c(s2)C[NH+](Cc2ccccc2)CC3)cc(OC)c1OC. The van der Waals surface area contributed by atoms with Crippen LogP contribution in [-0.2, 0) is 19.5 Å². The van der Waals surface area contributed by atoms with Gasteiger partial charge in [-0.15, -0.1) is 0 Å². The van der Waals surface area contributed by atoms with Gasteiger partial charge in [0.05, 0.1) is 38.4 Å². The summed E-state index contributed by atoms with van der Waals surface area (Å²) in [6.07, 6.45) is 0.911. The fourth-order valence-corrected chi connectivity index (χ4v) is 4.87. The van der Waals surface area contributed by atoms with E-state index in [4.69, 9.17) is 14.2 Å². The number of fused-ring (bicyclic) bond motifs is 1. The minimum atomic E-state index is -0.265. The maximum atomic E-state index is 12.9. The highest BCUT2D eigenvalue weighted by Gasteiger charge is 2.25. The van der Waals surface area contributed by atoms with Gasteiger partial charge in [-0.25, -0.2) is 4.98 Å². The van der Waals surface area contributed by atoms with Crippen LogP contribution in [0.5, 0.6) is 17.2 Å². The molecule has 0 radical (unpaired) electrons. The first kappa shape index (κ1) is 21.1. The van der Waals surface area contributed by atoms with Gasteiger partial charge >= 0.3 is 0 Å². The first-order chi connectivity index (χ1) is 15.1. The van der Waals surface area contributed by atoms with E-state index in [0.717, 1.165) is 31.7 Å².